The molecule has 4 heteroatoms. The van der Waals surface area contributed by atoms with Gasteiger partial charge in [-0.15, -0.1) is 0 Å². The zero-order valence-corrected chi connectivity index (χ0v) is 22.7. The first-order valence-corrected chi connectivity index (χ1v) is 12.9. The Morgan fingerprint density at radius 1 is 0.417 bits per heavy atom. The van der Waals surface area contributed by atoms with Crippen molar-refractivity contribution in [2.24, 2.45) is 0 Å². The van der Waals surface area contributed by atoms with E-state index >= 15 is 0 Å². The van der Waals surface area contributed by atoms with Crippen molar-refractivity contribution in [1.29, 1.82) is 0 Å². The molecule has 36 heavy (non-hydrogen) atoms. The van der Waals surface area contributed by atoms with E-state index in [0.717, 1.165) is 55.7 Å². The number of benzene rings is 4. The van der Waals surface area contributed by atoms with E-state index in [9.17, 15) is 0 Å². The van der Waals surface area contributed by atoms with E-state index in [4.69, 9.17) is 18.9 Å². The van der Waals surface area contributed by atoms with Gasteiger partial charge in [0, 0.05) is 0 Å². The molecule has 0 saturated carbocycles. The summed E-state index contributed by atoms with van der Waals surface area (Å²) in [5.41, 5.74) is 2.27. The summed E-state index contributed by atoms with van der Waals surface area (Å²) in [6, 6.07) is 21.2. The third-order valence-corrected chi connectivity index (χ3v) is 5.63. The first-order valence-electron chi connectivity index (χ1n) is 12.9. The van der Waals surface area contributed by atoms with Gasteiger partial charge in [0.2, 0.25) is 0 Å². The average Bonchev–Trinajstić information content (AvgIpc) is 2.78. The quantitative estimate of drug-likeness (QED) is 0.237. The largest absolute Gasteiger partial charge is 0.487 e. The number of ether oxygens (including phenoxy) is 4. The van der Waals surface area contributed by atoms with E-state index in [0.29, 0.717) is 0 Å². The Labute approximate surface area is 215 Å². The predicted octanol–water partition coefficient (Wildman–Crippen LogP) is 8.81. The Hall–Kier alpha value is -3.40. The number of hydrogen-bond donors (Lipinski definition) is 0. The lowest BCUT2D eigenvalue weighted by Crippen LogP contribution is -2.11. The molecular formula is C32H38O4. The molecule has 0 saturated heterocycles. The molecule has 0 radical (unpaired) electrons. The van der Waals surface area contributed by atoms with Crippen LogP contribution in [0.4, 0.5) is 0 Å². The Balaban J connectivity index is 1.95. The summed E-state index contributed by atoms with van der Waals surface area (Å²) in [5, 5.41) is 4.44. The van der Waals surface area contributed by atoms with Gasteiger partial charge in [-0.25, -0.2) is 0 Å². The van der Waals surface area contributed by atoms with Crippen LogP contribution >= 0.6 is 0 Å². The zero-order valence-electron chi connectivity index (χ0n) is 22.7. The average molecular weight is 487 g/mol. The van der Waals surface area contributed by atoms with Gasteiger partial charge in [0.05, 0.1) is 24.4 Å². The summed E-state index contributed by atoms with van der Waals surface area (Å²) >= 11 is 0. The fraction of sp³-hybridized carbons (Fsp3) is 0.375. The van der Waals surface area contributed by atoms with Crippen LogP contribution in [-0.2, 0) is 0 Å². The van der Waals surface area contributed by atoms with Crippen LogP contribution in [0, 0.1) is 0 Å². The van der Waals surface area contributed by atoms with Gasteiger partial charge < -0.3 is 18.9 Å². The maximum atomic E-state index is 6.19. The SMILES string of the molecule is CC(C)Oc1cc2cccc(-c3cccc4cc(OC(C)C)c(OC(C)C)cc34)c2cc1OC(C)C. The van der Waals surface area contributed by atoms with Crippen molar-refractivity contribution in [3.63, 3.8) is 0 Å². The molecule has 190 valence electrons. The van der Waals surface area contributed by atoms with Crippen LogP contribution in [0.3, 0.4) is 0 Å². The molecule has 0 bridgehead atoms. The van der Waals surface area contributed by atoms with Crippen molar-refractivity contribution in [1.82, 2.24) is 0 Å². The number of rotatable bonds is 9. The summed E-state index contributed by atoms with van der Waals surface area (Å²) in [6.07, 6.45) is 0.188. The van der Waals surface area contributed by atoms with Crippen LogP contribution in [0.2, 0.25) is 0 Å². The molecule has 0 N–H and O–H groups in total. The molecule has 0 aliphatic carbocycles. The summed E-state index contributed by atoms with van der Waals surface area (Å²) < 4.78 is 24.6. The normalized spacial score (nSPS) is 11.8. The monoisotopic (exact) mass is 486 g/mol. The maximum absolute atomic E-state index is 6.19. The van der Waals surface area contributed by atoms with Gasteiger partial charge in [0.15, 0.2) is 23.0 Å². The van der Waals surface area contributed by atoms with Crippen molar-refractivity contribution < 1.29 is 18.9 Å². The predicted molar refractivity (Wildman–Crippen MR) is 150 cm³/mol. The minimum Gasteiger partial charge on any atom is -0.487 e. The smallest absolute Gasteiger partial charge is 0.162 e. The van der Waals surface area contributed by atoms with Gasteiger partial charge in [-0.05, 0) is 112 Å². The second-order valence-electron chi connectivity index (χ2n) is 10.3. The lowest BCUT2D eigenvalue weighted by molar-refractivity contribution is 0.199. The molecule has 0 aliphatic heterocycles. The van der Waals surface area contributed by atoms with Crippen LogP contribution in [0.1, 0.15) is 55.4 Å². The van der Waals surface area contributed by atoms with Gasteiger partial charge in [-0.1, -0.05) is 36.4 Å². The molecule has 0 heterocycles. The van der Waals surface area contributed by atoms with Crippen molar-refractivity contribution in [3.8, 4) is 34.1 Å². The molecule has 4 aromatic carbocycles. The molecule has 4 nitrogen and oxygen atoms in total. The Kier molecular flexibility index (Phi) is 7.63. The Morgan fingerprint density at radius 3 is 1.03 bits per heavy atom. The summed E-state index contributed by atoms with van der Waals surface area (Å²) in [6.45, 7) is 16.3. The molecule has 4 rings (SSSR count). The summed E-state index contributed by atoms with van der Waals surface area (Å²) in [7, 11) is 0. The molecule has 0 amide bonds. The van der Waals surface area contributed by atoms with Crippen LogP contribution in [0.25, 0.3) is 32.7 Å². The van der Waals surface area contributed by atoms with Crippen LogP contribution in [0.15, 0.2) is 60.7 Å². The van der Waals surface area contributed by atoms with Crippen molar-refractivity contribution in [2.75, 3.05) is 0 Å². The van der Waals surface area contributed by atoms with Gasteiger partial charge in [-0.3, -0.25) is 0 Å². The molecule has 0 aliphatic rings. The standard InChI is InChI=1S/C32H38O4/c1-19(2)33-29-15-23-11-9-13-25(27(23)17-31(29)35-21(5)6)26-14-10-12-24-16-30(34-20(3)4)32(18-28(24)26)36-22(7)8/h9-22H,1-8H3. The van der Waals surface area contributed by atoms with E-state index in [1.807, 2.05) is 55.4 Å². The van der Waals surface area contributed by atoms with Crippen molar-refractivity contribution in [2.45, 2.75) is 79.8 Å². The Morgan fingerprint density at radius 2 is 0.722 bits per heavy atom. The number of hydrogen-bond acceptors (Lipinski definition) is 4. The highest BCUT2D eigenvalue weighted by Crippen LogP contribution is 2.42. The topological polar surface area (TPSA) is 36.9 Å². The van der Waals surface area contributed by atoms with E-state index < -0.39 is 0 Å². The molecule has 0 atom stereocenters. The van der Waals surface area contributed by atoms with E-state index in [1.54, 1.807) is 0 Å². The zero-order chi connectivity index (χ0) is 26.0. The minimum absolute atomic E-state index is 0.0387. The third kappa shape index (κ3) is 5.70. The lowest BCUT2D eigenvalue weighted by Gasteiger charge is -2.20. The second-order valence-corrected chi connectivity index (χ2v) is 10.3. The fourth-order valence-electron chi connectivity index (χ4n) is 4.42. The minimum atomic E-state index is 0.0387. The van der Waals surface area contributed by atoms with Gasteiger partial charge in [0.1, 0.15) is 0 Å². The van der Waals surface area contributed by atoms with Crippen molar-refractivity contribution >= 4 is 21.5 Å². The second kappa shape index (κ2) is 10.7. The Bertz CT molecular complexity index is 1250. The van der Waals surface area contributed by atoms with Gasteiger partial charge in [-0.2, -0.15) is 0 Å². The molecule has 4 aromatic rings. The summed E-state index contributed by atoms with van der Waals surface area (Å²) in [5.74, 6) is 3.06. The van der Waals surface area contributed by atoms with E-state index in [2.05, 4.69) is 60.7 Å². The van der Waals surface area contributed by atoms with Gasteiger partial charge >= 0.3 is 0 Å². The van der Waals surface area contributed by atoms with Crippen LogP contribution in [-0.4, -0.2) is 24.4 Å². The van der Waals surface area contributed by atoms with Crippen LogP contribution in [0.5, 0.6) is 23.0 Å². The molecule has 0 unspecified atom stereocenters. The molecule has 0 spiro atoms. The van der Waals surface area contributed by atoms with Crippen molar-refractivity contribution in [3.05, 3.63) is 60.7 Å². The van der Waals surface area contributed by atoms with Gasteiger partial charge in [0.25, 0.3) is 0 Å². The molecule has 0 aromatic heterocycles. The van der Waals surface area contributed by atoms with E-state index in [-0.39, 0.29) is 24.4 Å². The molecular weight excluding hydrogens is 448 g/mol. The number of fused-ring (bicyclic) bond motifs is 2. The highest BCUT2D eigenvalue weighted by Gasteiger charge is 2.17. The maximum Gasteiger partial charge on any atom is 0.162 e. The fourth-order valence-corrected chi connectivity index (χ4v) is 4.42. The van der Waals surface area contributed by atoms with Crippen LogP contribution < -0.4 is 18.9 Å². The highest BCUT2D eigenvalue weighted by molar-refractivity contribution is 6.07. The summed E-state index contributed by atoms with van der Waals surface area (Å²) in [4.78, 5) is 0. The van der Waals surface area contributed by atoms with E-state index in [1.165, 1.54) is 0 Å². The lowest BCUT2D eigenvalue weighted by atomic mass is 9.93. The first kappa shape index (κ1) is 25.7. The molecule has 0 fully saturated rings. The first-order chi connectivity index (χ1) is 17.1. The third-order valence-electron chi connectivity index (χ3n) is 5.63. The highest BCUT2D eigenvalue weighted by atomic mass is 16.5.